The Morgan fingerprint density at radius 2 is 2.14 bits per heavy atom. The van der Waals surface area contributed by atoms with E-state index >= 15 is 0 Å². The summed E-state index contributed by atoms with van der Waals surface area (Å²) in [5.41, 5.74) is 1.20. The van der Waals surface area contributed by atoms with Crippen LogP contribution in [0, 0.1) is 11.8 Å². The smallest absolute Gasteiger partial charge is 0.276 e. The maximum atomic E-state index is 12.5. The molecule has 0 spiro atoms. The number of likely N-dealkylation sites (tertiary alicyclic amines) is 1. The molecule has 0 radical (unpaired) electrons. The molecule has 0 bridgehead atoms. The zero-order valence-corrected chi connectivity index (χ0v) is 11.5. The molecule has 108 valence electrons. The predicted molar refractivity (Wildman–Crippen MR) is 75.5 cm³/mol. The summed E-state index contributed by atoms with van der Waals surface area (Å²) in [7, 11) is 0. The molecule has 2 aromatic rings. The second kappa shape index (κ2) is 4.96. The number of nitrogens with zero attached hydrogens (tertiary/aromatic N) is 3. The molecule has 2 aromatic heterocycles. The lowest BCUT2D eigenvalue weighted by Crippen LogP contribution is -2.32. The second-order valence-corrected chi connectivity index (χ2v) is 5.71. The van der Waals surface area contributed by atoms with E-state index in [-0.39, 0.29) is 5.91 Å². The van der Waals surface area contributed by atoms with Crippen LogP contribution in [0.25, 0.3) is 11.3 Å². The van der Waals surface area contributed by atoms with E-state index in [1.165, 1.54) is 0 Å². The molecule has 0 saturated carbocycles. The Hall–Kier alpha value is -2.21. The lowest BCUT2D eigenvalue weighted by atomic mass is 10.0. The summed E-state index contributed by atoms with van der Waals surface area (Å²) in [6.45, 7) is 3.64. The van der Waals surface area contributed by atoms with Crippen molar-refractivity contribution in [2.75, 3.05) is 26.2 Å². The van der Waals surface area contributed by atoms with Crippen molar-refractivity contribution in [3.63, 3.8) is 0 Å². The predicted octanol–water partition coefficient (Wildman–Crippen LogP) is 1.03. The van der Waals surface area contributed by atoms with Gasteiger partial charge >= 0.3 is 0 Å². The Morgan fingerprint density at radius 3 is 2.86 bits per heavy atom. The number of carbonyl (C=O) groups excluding carboxylic acids is 1. The first-order chi connectivity index (χ1) is 10.3. The molecule has 6 heteroatoms. The standard InChI is InChI=1S/C15H16N4O2/c20-15(19-8-11-6-17-7-12(11)9-19)13-4-14(21-18-13)10-2-1-3-16-5-10/h1-5,11-12,17H,6-9H2/t11-,12+. The summed E-state index contributed by atoms with van der Waals surface area (Å²) >= 11 is 0. The Labute approximate surface area is 122 Å². The summed E-state index contributed by atoms with van der Waals surface area (Å²) in [4.78, 5) is 18.4. The van der Waals surface area contributed by atoms with E-state index in [1.54, 1.807) is 18.5 Å². The van der Waals surface area contributed by atoms with Crippen molar-refractivity contribution in [1.82, 2.24) is 20.4 Å². The van der Waals surface area contributed by atoms with Crippen LogP contribution in [-0.4, -0.2) is 47.1 Å². The Balaban J connectivity index is 1.52. The van der Waals surface area contributed by atoms with E-state index in [4.69, 9.17) is 4.52 Å². The molecule has 0 aliphatic carbocycles. The first-order valence-corrected chi connectivity index (χ1v) is 7.18. The molecule has 21 heavy (non-hydrogen) atoms. The molecule has 4 rings (SSSR count). The van der Waals surface area contributed by atoms with E-state index in [0.29, 0.717) is 23.3 Å². The molecular weight excluding hydrogens is 268 g/mol. The number of fused-ring (bicyclic) bond motifs is 1. The largest absolute Gasteiger partial charge is 0.355 e. The summed E-state index contributed by atoms with van der Waals surface area (Å²) in [5, 5.41) is 7.29. The van der Waals surface area contributed by atoms with E-state index in [9.17, 15) is 4.79 Å². The zero-order valence-electron chi connectivity index (χ0n) is 11.5. The van der Waals surface area contributed by atoms with Crippen LogP contribution in [0.1, 0.15) is 10.5 Å². The van der Waals surface area contributed by atoms with Gasteiger partial charge in [-0.05, 0) is 24.0 Å². The van der Waals surface area contributed by atoms with Crippen LogP contribution < -0.4 is 5.32 Å². The van der Waals surface area contributed by atoms with E-state index in [2.05, 4.69) is 15.5 Å². The van der Waals surface area contributed by atoms with Crippen molar-refractivity contribution in [2.24, 2.45) is 11.8 Å². The normalized spacial score (nSPS) is 24.3. The molecule has 1 amide bonds. The third kappa shape index (κ3) is 2.21. The maximum absolute atomic E-state index is 12.5. The molecule has 2 aliphatic rings. The quantitative estimate of drug-likeness (QED) is 0.891. The molecule has 1 N–H and O–H groups in total. The number of aromatic nitrogens is 2. The molecule has 6 nitrogen and oxygen atoms in total. The van der Waals surface area contributed by atoms with Gasteiger partial charge in [0.1, 0.15) is 0 Å². The third-order valence-corrected chi connectivity index (χ3v) is 4.35. The molecule has 2 atom stereocenters. The van der Waals surface area contributed by atoms with Crippen molar-refractivity contribution in [2.45, 2.75) is 0 Å². The maximum Gasteiger partial charge on any atom is 0.276 e. The Bertz CT molecular complexity index is 643. The van der Waals surface area contributed by atoms with Gasteiger partial charge < -0.3 is 14.7 Å². The van der Waals surface area contributed by atoms with Gasteiger partial charge in [-0.1, -0.05) is 5.16 Å². The number of hydrogen-bond donors (Lipinski definition) is 1. The van der Waals surface area contributed by atoms with E-state index < -0.39 is 0 Å². The van der Waals surface area contributed by atoms with Gasteiger partial charge in [0.15, 0.2) is 11.5 Å². The fraction of sp³-hybridized carbons (Fsp3) is 0.400. The fourth-order valence-electron chi connectivity index (χ4n) is 3.20. The minimum atomic E-state index is -0.0386. The Morgan fingerprint density at radius 1 is 1.33 bits per heavy atom. The van der Waals surface area contributed by atoms with Crippen LogP contribution in [0.15, 0.2) is 35.1 Å². The summed E-state index contributed by atoms with van der Waals surface area (Å²) in [6, 6.07) is 5.41. The first-order valence-electron chi connectivity index (χ1n) is 7.18. The number of rotatable bonds is 2. The van der Waals surface area contributed by atoms with Crippen LogP contribution in [0.2, 0.25) is 0 Å². The zero-order chi connectivity index (χ0) is 14.2. The van der Waals surface area contributed by atoms with Gasteiger partial charge in [0.05, 0.1) is 0 Å². The van der Waals surface area contributed by atoms with Crippen LogP contribution in [0.3, 0.4) is 0 Å². The van der Waals surface area contributed by atoms with E-state index in [0.717, 1.165) is 31.7 Å². The molecule has 2 aliphatic heterocycles. The van der Waals surface area contributed by atoms with Gasteiger partial charge in [0, 0.05) is 50.2 Å². The van der Waals surface area contributed by atoms with Crippen LogP contribution >= 0.6 is 0 Å². The summed E-state index contributed by atoms with van der Waals surface area (Å²) in [5.74, 6) is 1.70. The van der Waals surface area contributed by atoms with Crippen LogP contribution in [0.5, 0.6) is 0 Å². The molecule has 0 unspecified atom stereocenters. The van der Waals surface area contributed by atoms with Crippen molar-refractivity contribution in [1.29, 1.82) is 0 Å². The van der Waals surface area contributed by atoms with E-state index in [1.807, 2.05) is 17.0 Å². The number of hydrogen-bond acceptors (Lipinski definition) is 5. The van der Waals surface area contributed by atoms with Crippen molar-refractivity contribution in [3.8, 4) is 11.3 Å². The van der Waals surface area contributed by atoms with Gasteiger partial charge in [-0.25, -0.2) is 0 Å². The minimum absolute atomic E-state index is 0.0386. The molecule has 2 fully saturated rings. The van der Waals surface area contributed by atoms with Gasteiger partial charge in [-0.3, -0.25) is 9.78 Å². The molecule has 0 aromatic carbocycles. The minimum Gasteiger partial charge on any atom is -0.355 e. The number of pyridine rings is 1. The second-order valence-electron chi connectivity index (χ2n) is 5.71. The topological polar surface area (TPSA) is 71.3 Å². The first kappa shape index (κ1) is 12.5. The highest BCUT2D eigenvalue weighted by Gasteiger charge is 2.38. The van der Waals surface area contributed by atoms with Gasteiger partial charge in [-0.15, -0.1) is 0 Å². The molecule has 2 saturated heterocycles. The van der Waals surface area contributed by atoms with Crippen LogP contribution in [-0.2, 0) is 0 Å². The SMILES string of the molecule is O=C(c1cc(-c2cccnc2)on1)N1C[C@H]2CNC[C@H]2C1. The summed E-state index contributed by atoms with van der Waals surface area (Å²) in [6.07, 6.45) is 3.39. The number of nitrogens with one attached hydrogen (secondary N) is 1. The van der Waals surface area contributed by atoms with Gasteiger partial charge in [0.2, 0.25) is 0 Å². The molecular formula is C15H16N4O2. The lowest BCUT2D eigenvalue weighted by molar-refractivity contribution is 0.0771. The average Bonchev–Trinajstić information content (AvgIpc) is 3.22. The number of amides is 1. The fourth-order valence-corrected chi connectivity index (χ4v) is 3.20. The highest BCUT2D eigenvalue weighted by molar-refractivity contribution is 5.93. The van der Waals surface area contributed by atoms with Crippen LogP contribution in [0.4, 0.5) is 0 Å². The lowest BCUT2D eigenvalue weighted by Gasteiger charge is -2.15. The average molecular weight is 284 g/mol. The van der Waals surface area contributed by atoms with Crippen molar-refractivity contribution in [3.05, 3.63) is 36.3 Å². The summed E-state index contributed by atoms with van der Waals surface area (Å²) < 4.78 is 5.28. The third-order valence-electron chi connectivity index (χ3n) is 4.35. The van der Waals surface area contributed by atoms with Crippen molar-refractivity contribution >= 4 is 5.91 Å². The highest BCUT2D eigenvalue weighted by atomic mass is 16.5. The Kier molecular flexibility index (Phi) is 2.96. The highest BCUT2D eigenvalue weighted by Crippen LogP contribution is 2.28. The van der Waals surface area contributed by atoms with Gasteiger partial charge in [-0.2, -0.15) is 0 Å². The number of carbonyl (C=O) groups is 1. The van der Waals surface area contributed by atoms with Gasteiger partial charge in [0.25, 0.3) is 5.91 Å². The monoisotopic (exact) mass is 284 g/mol. The van der Waals surface area contributed by atoms with Crippen molar-refractivity contribution < 1.29 is 9.32 Å². The molecule has 4 heterocycles.